The summed E-state index contributed by atoms with van der Waals surface area (Å²) in [7, 11) is 0. The third kappa shape index (κ3) is 2.76. The predicted molar refractivity (Wildman–Crippen MR) is 88.0 cm³/mol. The second-order valence-corrected chi connectivity index (χ2v) is 5.20. The number of pyridine rings is 1. The van der Waals surface area contributed by atoms with Crippen LogP contribution in [0.1, 0.15) is 5.56 Å². The van der Waals surface area contributed by atoms with Crippen molar-refractivity contribution in [3.63, 3.8) is 0 Å². The topological polar surface area (TPSA) is 51.1 Å². The van der Waals surface area contributed by atoms with Crippen molar-refractivity contribution in [2.24, 2.45) is 0 Å². The fourth-order valence-electron chi connectivity index (χ4n) is 2.46. The van der Waals surface area contributed by atoms with E-state index >= 15 is 0 Å². The lowest BCUT2D eigenvalue weighted by Gasteiger charge is -2.10. The highest BCUT2D eigenvalue weighted by Crippen LogP contribution is 2.22. The maximum absolute atomic E-state index is 12.2. The van der Waals surface area contributed by atoms with Crippen LogP contribution in [0.25, 0.3) is 10.8 Å². The predicted octanol–water partition coefficient (Wildman–Crippen LogP) is 2.95. The number of aromatic nitrogens is 1. The van der Waals surface area contributed by atoms with Crippen molar-refractivity contribution < 1.29 is 4.79 Å². The van der Waals surface area contributed by atoms with E-state index in [1.165, 1.54) is 4.57 Å². The highest BCUT2D eigenvalue weighted by Gasteiger charge is 2.08. The molecule has 3 rings (SSSR count). The number of nitrogens with one attached hydrogen (secondary N) is 1. The van der Waals surface area contributed by atoms with Crippen molar-refractivity contribution in [2.45, 2.75) is 13.5 Å². The quantitative estimate of drug-likeness (QED) is 0.807. The molecule has 4 heteroatoms. The first-order valence-corrected chi connectivity index (χ1v) is 7.09. The number of anilines is 1. The molecule has 2 aromatic carbocycles. The molecule has 3 aromatic rings. The lowest BCUT2D eigenvalue weighted by molar-refractivity contribution is -0.116. The van der Waals surface area contributed by atoms with E-state index in [0.29, 0.717) is 5.56 Å². The van der Waals surface area contributed by atoms with Crippen molar-refractivity contribution in [3.8, 4) is 0 Å². The van der Waals surface area contributed by atoms with Crippen molar-refractivity contribution in [3.05, 3.63) is 76.7 Å². The number of hydrogen-bond acceptors (Lipinski definition) is 2. The van der Waals surface area contributed by atoms with E-state index in [0.717, 1.165) is 16.5 Å². The number of aryl methyl sites for hydroxylation is 1. The molecule has 0 aliphatic rings. The van der Waals surface area contributed by atoms with Gasteiger partial charge in [-0.2, -0.15) is 0 Å². The zero-order chi connectivity index (χ0) is 15.5. The Morgan fingerprint density at radius 2 is 1.82 bits per heavy atom. The van der Waals surface area contributed by atoms with Crippen LogP contribution in [0.15, 0.2) is 65.6 Å². The van der Waals surface area contributed by atoms with Crippen LogP contribution in [0.2, 0.25) is 0 Å². The van der Waals surface area contributed by atoms with E-state index in [1.54, 1.807) is 25.3 Å². The summed E-state index contributed by atoms with van der Waals surface area (Å²) >= 11 is 0. The summed E-state index contributed by atoms with van der Waals surface area (Å²) < 4.78 is 1.41. The third-order valence-electron chi connectivity index (χ3n) is 3.59. The Morgan fingerprint density at radius 1 is 1.05 bits per heavy atom. The van der Waals surface area contributed by atoms with Crippen LogP contribution < -0.4 is 10.9 Å². The van der Waals surface area contributed by atoms with Crippen molar-refractivity contribution in [1.29, 1.82) is 0 Å². The SMILES string of the molecule is Cc1cccn(CC(=O)Nc2cccc3ccccc23)c1=O. The first-order valence-electron chi connectivity index (χ1n) is 7.09. The zero-order valence-corrected chi connectivity index (χ0v) is 12.2. The number of carbonyl (C=O) groups is 1. The molecule has 0 radical (unpaired) electrons. The molecule has 0 aliphatic carbocycles. The Balaban J connectivity index is 1.85. The van der Waals surface area contributed by atoms with Gasteiger partial charge in [0.05, 0.1) is 0 Å². The third-order valence-corrected chi connectivity index (χ3v) is 3.59. The van der Waals surface area contributed by atoms with Gasteiger partial charge >= 0.3 is 0 Å². The number of benzene rings is 2. The van der Waals surface area contributed by atoms with Crippen LogP contribution in [0.3, 0.4) is 0 Å². The Bertz CT molecular complexity index is 891. The molecule has 110 valence electrons. The second-order valence-electron chi connectivity index (χ2n) is 5.20. The number of nitrogens with zero attached hydrogens (tertiary/aromatic N) is 1. The molecular formula is C18H16N2O2. The molecule has 0 aliphatic heterocycles. The fraction of sp³-hybridized carbons (Fsp3) is 0.111. The van der Waals surface area contributed by atoms with E-state index in [9.17, 15) is 9.59 Å². The van der Waals surface area contributed by atoms with Crippen LogP contribution in [0.4, 0.5) is 5.69 Å². The maximum Gasteiger partial charge on any atom is 0.253 e. The Kier molecular flexibility index (Phi) is 3.74. The minimum absolute atomic E-state index is 0.00370. The fourth-order valence-corrected chi connectivity index (χ4v) is 2.46. The van der Waals surface area contributed by atoms with Gasteiger partial charge in [-0.1, -0.05) is 42.5 Å². The number of fused-ring (bicyclic) bond motifs is 1. The Labute approximate surface area is 128 Å². The summed E-state index contributed by atoms with van der Waals surface area (Å²) in [6.07, 6.45) is 1.62. The van der Waals surface area contributed by atoms with Gasteiger partial charge in [0.2, 0.25) is 5.91 Å². The molecule has 0 saturated carbocycles. The summed E-state index contributed by atoms with van der Waals surface area (Å²) in [5, 5.41) is 4.93. The van der Waals surface area contributed by atoms with Crippen LogP contribution in [-0.4, -0.2) is 10.5 Å². The summed E-state index contributed by atoms with van der Waals surface area (Å²) in [5.41, 5.74) is 1.24. The molecular weight excluding hydrogens is 276 g/mol. The molecule has 0 unspecified atom stereocenters. The van der Waals surface area contributed by atoms with Crippen molar-refractivity contribution in [1.82, 2.24) is 4.57 Å². The largest absolute Gasteiger partial charge is 0.324 e. The summed E-state index contributed by atoms with van der Waals surface area (Å²) in [5.74, 6) is -0.218. The van der Waals surface area contributed by atoms with E-state index in [2.05, 4.69) is 5.32 Å². The monoisotopic (exact) mass is 292 g/mol. The number of rotatable bonds is 3. The molecule has 1 N–H and O–H groups in total. The van der Waals surface area contributed by atoms with E-state index in [4.69, 9.17) is 0 Å². The van der Waals surface area contributed by atoms with Crippen molar-refractivity contribution >= 4 is 22.4 Å². The highest BCUT2D eigenvalue weighted by molar-refractivity contribution is 6.01. The van der Waals surface area contributed by atoms with Crippen LogP contribution in [0, 0.1) is 6.92 Å². The van der Waals surface area contributed by atoms with Gasteiger partial charge in [-0.15, -0.1) is 0 Å². The molecule has 0 atom stereocenters. The van der Waals surface area contributed by atoms with Gasteiger partial charge in [-0.25, -0.2) is 0 Å². The second kappa shape index (κ2) is 5.85. The molecule has 1 amide bonds. The average Bonchev–Trinajstić information content (AvgIpc) is 2.52. The number of amides is 1. The van der Waals surface area contributed by atoms with E-state index < -0.39 is 0 Å². The smallest absolute Gasteiger partial charge is 0.253 e. The highest BCUT2D eigenvalue weighted by atomic mass is 16.2. The van der Waals surface area contributed by atoms with Gasteiger partial charge in [-0.3, -0.25) is 9.59 Å². The molecule has 0 bridgehead atoms. The van der Waals surface area contributed by atoms with Crippen molar-refractivity contribution in [2.75, 3.05) is 5.32 Å². The first-order chi connectivity index (χ1) is 10.6. The molecule has 1 heterocycles. The van der Waals surface area contributed by atoms with Crippen LogP contribution in [-0.2, 0) is 11.3 Å². The molecule has 22 heavy (non-hydrogen) atoms. The molecule has 0 fully saturated rings. The van der Waals surface area contributed by atoms with Gasteiger partial charge in [-0.05, 0) is 24.4 Å². The Morgan fingerprint density at radius 3 is 2.68 bits per heavy atom. The lowest BCUT2D eigenvalue weighted by Crippen LogP contribution is -2.28. The zero-order valence-electron chi connectivity index (χ0n) is 12.2. The average molecular weight is 292 g/mol. The summed E-state index contributed by atoms with van der Waals surface area (Å²) in [6, 6.07) is 17.1. The first kappa shape index (κ1) is 14.1. The lowest BCUT2D eigenvalue weighted by atomic mass is 10.1. The minimum Gasteiger partial charge on any atom is -0.324 e. The number of hydrogen-bond donors (Lipinski definition) is 1. The summed E-state index contributed by atoms with van der Waals surface area (Å²) in [4.78, 5) is 24.2. The molecule has 0 saturated heterocycles. The van der Waals surface area contributed by atoms with Gasteiger partial charge in [0.1, 0.15) is 6.54 Å². The van der Waals surface area contributed by atoms with Gasteiger partial charge in [0.15, 0.2) is 0 Å². The van der Waals surface area contributed by atoms with E-state index in [-0.39, 0.29) is 18.0 Å². The number of carbonyl (C=O) groups excluding carboxylic acids is 1. The standard InChI is InChI=1S/C18H16N2O2/c1-13-6-5-11-20(18(13)22)12-17(21)19-16-10-4-8-14-7-2-3-9-15(14)16/h2-11H,12H2,1H3,(H,19,21). The Hall–Kier alpha value is -2.88. The molecule has 1 aromatic heterocycles. The summed E-state index contributed by atoms with van der Waals surface area (Å²) in [6.45, 7) is 1.74. The van der Waals surface area contributed by atoms with Crippen LogP contribution in [0.5, 0.6) is 0 Å². The van der Waals surface area contributed by atoms with Gasteiger partial charge in [0, 0.05) is 22.8 Å². The van der Waals surface area contributed by atoms with Gasteiger partial charge in [0.25, 0.3) is 5.56 Å². The maximum atomic E-state index is 12.2. The normalized spacial score (nSPS) is 10.6. The molecule has 0 spiro atoms. The molecule has 4 nitrogen and oxygen atoms in total. The van der Waals surface area contributed by atoms with Gasteiger partial charge < -0.3 is 9.88 Å². The van der Waals surface area contributed by atoms with E-state index in [1.807, 2.05) is 42.5 Å². The van der Waals surface area contributed by atoms with Crippen LogP contribution >= 0.6 is 0 Å². The minimum atomic E-state index is -0.218.